The van der Waals surface area contributed by atoms with Crippen LogP contribution in [-0.4, -0.2) is 86.6 Å². The monoisotopic (exact) mass is 976 g/mol. The van der Waals surface area contributed by atoms with Gasteiger partial charge in [-0.05, 0) is 126 Å². The van der Waals surface area contributed by atoms with Crippen molar-refractivity contribution in [2.45, 2.75) is 121 Å². The van der Waals surface area contributed by atoms with Crippen molar-refractivity contribution >= 4 is 35.0 Å². The Hall–Kier alpha value is -7.23. The van der Waals surface area contributed by atoms with E-state index >= 15 is 4.39 Å². The van der Waals surface area contributed by atoms with Crippen LogP contribution in [0.1, 0.15) is 130 Å². The Balaban J connectivity index is 0.822. The number of H-pyrrole nitrogens is 2. The molecule has 11 rings (SSSR count). The van der Waals surface area contributed by atoms with Crippen LogP contribution in [0.2, 0.25) is 0 Å². The first-order chi connectivity index (χ1) is 35.0. The highest BCUT2D eigenvalue weighted by atomic mass is 19.1. The second kappa shape index (κ2) is 19.4. The molecular formula is C56H61FN8O7. The number of piperidine rings is 1. The van der Waals surface area contributed by atoms with E-state index in [1.54, 1.807) is 17.2 Å². The zero-order valence-corrected chi connectivity index (χ0v) is 41.1. The lowest BCUT2D eigenvalue weighted by molar-refractivity contribution is -0.138. The van der Waals surface area contributed by atoms with Gasteiger partial charge >= 0.3 is 12.2 Å². The third kappa shape index (κ3) is 8.61. The Labute approximate surface area is 417 Å². The second-order valence-corrected chi connectivity index (χ2v) is 20.5. The van der Waals surface area contributed by atoms with Crippen molar-refractivity contribution < 1.29 is 37.8 Å². The minimum absolute atomic E-state index is 0.0375. The van der Waals surface area contributed by atoms with E-state index in [1.807, 2.05) is 61.2 Å². The van der Waals surface area contributed by atoms with Crippen molar-refractivity contribution in [3.8, 4) is 39.3 Å². The van der Waals surface area contributed by atoms with Gasteiger partial charge in [-0.25, -0.2) is 23.9 Å². The predicted octanol–water partition coefficient (Wildman–Crippen LogP) is 10.6. The van der Waals surface area contributed by atoms with Crippen LogP contribution in [0.5, 0.6) is 5.75 Å². The van der Waals surface area contributed by atoms with Crippen LogP contribution < -0.4 is 15.4 Å². The predicted molar refractivity (Wildman–Crippen MR) is 268 cm³/mol. The van der Waals surface area contributed by atoms with E-state index in [0.717, 1.165) is 83.2 Å². The van der Waals surface area contributed by atoms with Crippen molar-refractivity contribution in [2.24, 2.45) is 11.8 Å². The van der Waals surface area contributed by atoms with Gasteiger partial charge in [0.2, 0.25) is 5.91 Å². The summed E-state index contributed by atoms with van der Waals surface area (Å²) in [4.78, 5) is 73.8. The average Bonchev–Trinajstić information content (AvgIpc) is 4.28. The first-order valence-corrected chi connectivity index (χ1v) is 25.5. The molecular weight excluding hydrogens is 916 g/mol. The number of nitrogens with zero attached hydrogens (tertiary/aromatic N) is 4. The maximum absolute atomic E-state index is 16.5. The molecule has 5 heterocycles. The fraction of sp³-hybridized carbons (Fsp3) is 0.429. The van der Waals surface area contributed by atoms with Gasteiger partial charge in [0.15, 0.2) is 11.6 Å². The van der Waals surface area contributed by atoms with Crippen LogP contribution in [-0.2, 0) is 25.7 Å². The van der Waals surface area contributed by atoms with Gasteiger partial charge in [-0.15, -0.1) is 0 Å². The van der Waals surface area contributed by atoms with Gasteiger partial charge < -0.3 is 44.6 Å². The Kier molecular flexibility index (Phi) is 12.7. The molecule has 2 bridgehead atoms. The minimum Gasteiger partial charge on any atom is -0.485 e. The normalized spacial score (nSPS) is 21.2. The van der Waals surface area contributed by atoms with E-state index in [4.69, 9.17) is 19.2 Å². The molecule has 4 N–H and O–H groups in total. The molecule has 374 valence electrons. The van der Waals surface area contributed by atoms with Crippen LogP contribution in [0.4, 0.5) is 14.0 Å². The highest BCUT2D eigenvalue weighted by Crippen LogP contribution is 2.51. The molecule has 1 unspecified atom stereocenters. The third-order valence-electron chi connectivity index (χ3n) is 16.0. The van der Waals surface area contributed by atoms with E-state index < -0.39 is 30.1 Å². The van der Waals surface area contributed by atoms with Crippen LogP contribution >= 0.6 is 0 Å². The molecule has 15 nitrogen and oxygen atoms in total. The fourth-order valence-electron chi connectivity index (χ4n) is 12.3. The zero-order chi connectivity index (χ0) is 49.8. The number of ether oxygens (including phenoxy) is 3. The summed E-state index contributed by atoms with van der Waals surface area (Å²) >= 11 is 0. The van der Waals surface area contributed by atoms with E-state index in [1.165, 1.54) is 39.0 Å². The van der Waals surface area contributed by atoms with Gasteiger partial charge in [0.05, 0.1) is 49.2 Å². The lowest BCUT2D eigenvalue weighted by Gasteiger charge is -2.37. The summed E-state index contributed by atoms with van der Waals surface area (Å²) in [5, 5.41) is 5.57. The quantitative estimate of drug-likeness (QED) is 0.0981. The average molecular weight is 977 g/mol. The maximum Gasteiger partial charge on any atom is 0.407 e. The van der Waals surface area contributed by atoms with Gasteiger partial charge in [-0.1, -0.05) is 75.6 Å². The number of imidazole rings is 2. The first kappa shape index (κ1) is 47.1. The highest BCUT2D eigenvalue weighted by molar-refractivity contribution is 5.89. The lowest BCUT2D eigenvalue weighted by atomic mass is 9.83. The standard InChI is InChI=1S/C56H61FN8O7/c1-30(2)47(62-55(68)70-3)53(66)64-23-9-14-45(64)51-58-28-44(61-51)41-21-20-40-39-19-16-33(25-37(39)29-72-50(40)46(41)57)34-17-22-42-43(27-34)60-52(59-42)49-36-15-18-38(26-36)65(49)54(67)48(63-56(69)71-4)35-13-8-12-32(24-35)31-10-6-5-7-11-31/h8,12-13,16-17,19-22,24-25,27-28,30-31,36,38,45,47-49H,5-7,9-11,14-15,18,23,26,29H2,1-4H3,(H,58,61)(H,59,60)(H,62,68)(H,63,69)/t36-,38+,45-,47?,48+,49-/m0/s1. The summed E-state index contributed by atoms with van der Waals surface area (Å²) in [7, 11) is 2.59. The van der Waals surface area contributed by atoms with Crippen LogP contribution in [0.25, 0.3) is 44.5 Å². The second-order valence-electron chi connectivity index (χ2n) is 20.5. The number of hydrogen-bond acceptors (Lipinski definition) is 9. The number of carbonyl (C=O) groups excluding carboxylic acids is 4. The summed E-state index contributed by atoms with van der Waals surface area (Å²) in [5.41, 5.74) is 8.76. The van der Waals surface area contributed by atoms with Gasteiger partial charge in [0, 0.05) is 23.7 Å². The number of benzene rings is 4. The minimum atomic E-state index is -0.904. The third-order valence-corrected chi connectivity index (χ3v) is 16.0. The van der Waals surface area contributed by atoms with E-state index in [-0.39, 0.29) is 54.1 Å². The maximum atomic E-state index is 16.5. The number of aromatic nitrogens is 4. The molecule has 2 saturated heterocycles. The number of aromatic amines is 2. The molecule has 6 aromatic rings. The molecule has 72 heavy (non-hydrogen) atoms. The molecule has 2 saturated carbocycles. The van der Waals surface area contributed by atoms with Crippen molar-refractivity contribution in [3.63, 3.8) is 0 Å². The molecule has 4 fully saturated rings. The van der Waals surface area contributed by atoms with Crippen molar-refractivity contribution in [1.82, 2.24) is 40.4 Å². The van der Waals surface area contributed by atoms with Gasteiger partial charge in [0.25, 0.3) is 5.91 Å². The van der Waals surface area contributed by atoms with Gasteiger partial charge in [0.1, 0.15) is 30.3 Å². The number of rotatable bonds is 11. The summed E-state index contributed by atoms with van der Waals surface area (Å²) in [6.07, 6.45) is 10.4. The summed E-state index contributed by atoms with van der Waals surface area (Å²) < 4.78 is 32.5. The van der Waals surface area contributed by atoms with Crippen molar-refractivity contribution in [1.29, 1.82) is 0 Å². The zero-order valence-electron chi connectivity index (χ0n) is 41.1. The molecule has 4 aromatic carbocycles. The van der Waals surface area contributed by atoms with Crippen molar-refractivity contribution in [3.05, 3.63) is 113 Å². The fourth-order valence-corrected chi connectivity index (χ4v) is 12.3. The summed E-state index contributed by atoms with van der Waals surface area (Å²) in [5.74, 6) is 1.07. The van der Waals surface area contributed by atoms with E-state index in [9.17, 15) is 19.2 Å². The largest absolute Gasteiger partial charge is 0.485 e. The molecule has 2 aromatic heterocycles. The van der Waals surface area contributed by atoms with Crippen LogP contribution in [0.3, 0.4) is 0 Å². The number of likely N-dealkylation sites (tertiary alicyclic amines) is 2. The highest BCUT2D eigenvalue weighted by Gasteiger charge is 2.51. The number of fused-ring (bicyclic) bond motifs is 6. The SMILES string of the molecule is COC(=O)NC(C(=O)N1CCC[C@H]1c1ncc(-c2ccc3c(c2F)OCc2cc(-c4ccc5nc([C@@H]6[C@H]7CC[C@H](C7)N6C(=O)[C@H](NC(=O)OC)c6cccc(C7CCCCC7)c6)[nH]c5c4)ccc2-3)[nH]1)C(C)C. The number of nitrogens with one attached hydrogen (secondary N) is 4. The van der Waals surface area contributed by atoms with Gasteiger partial charge in [-0.2, -0.15) is 0 Å². The molecule has 3 aliphatic heterocycles. The number of halogens is 1. The number of amides is 4. The summed E-state index contributed by atoms with van der Waals surface area (Å²) in [6.45, 7) is 4.41. The van der Waals surface area contributed by atoms with E-state index in [2.05, 4.69) is 49.9 Å². The molecule has 0 radical (unpaired) electrons. The molecule has 0 spiro atoms. The Morgan fingerprint density at radius 1 is 0.792 bits per heavy atom. The Morgan fingerprint density at radius 3 is 2.36 bits per heavy atom. The topological polar surface area (TPSA) is 184 Å². The molecule has 16 heteroatoms. The van der Waals surface area contributed by atoms with Crippen LogP contribution in [0, 0.1) is 17.7 Å². The summed E-state index contributed by atoms with van der Waals surface area (Å²) in [6, 6.07) is 21.8. The molecule has 6 atom stereocenters. The number of carbonyl (C=O) groups is 4. The number of hydrogen-bond donors (Lipinski definition) is 4. The number of methoxy groups -OCH3 is 2. The van der Waals surface area contributed by atoms with E-state index in [0.29, 0.717) is 41.5 Å². The van der Waals surface area contributed by atoms with Gasteiger partial charge in [-0.3, -0.25) is 9.59 Å². The Morgan fingerprint density at radius 2 is 1.56 bits per heavy atom. The molecule has 2 aliphatic carbocycles. The first-order valence-electron chi connectivity index (χ1n) is 25.5. The van der Waals surface area contributed by atoms with Crippen LogP contribution in [0.15, 0.2) is 79.0 Å². The van der Waals surface area contributed by atoms with Crippen molar-refractivity contribution in [2.75, 3.05) is 20.8 Å². The smallest absolute Gasteiger partial charge is 0.407 e. The molecule has 4 amide bonds. The molecule has 5 aliphatic rings. The lowest BCUT2D eigenvalue weighted by Crippen LogP contribution is -2.51. The number of alkyl carbamates (subject to hydrolysis) is 2. The Bertz CT molecular complexity index is 3070.